The van der Waals surface area contributed by atoms with E-state index in [1.807, 2.05) is 0 Å². The van der Waals surface area contributed by atoms with Crippen molar-refractivity contribution in [2.45, 2.75) is 52.5 Å². The predicted molar refractivity (Wildman–Crippen MR) is 282 cm³/mol. The maximum absolute atomic E-state index is 2.69. The second-order valence-corrected chi connectivity index (χ2v) is 19.0. The smallest absolute Gasteiger partial charge is 0.0654 e. The van der Waals surface area contributed by atoms with E-state index in [-0.39, 0.29) is 23.3 Å². The lowest BCUT2D eigenvalue weighted by Crippen LogP contribution is -2.45. The predicted octanol–water partition coefficient (Wildman–Crippen LogP) is 17.9. The molecule has 0 saturated carbocycles. The topological polar surface area (TPSA) is 6.48 Å². The molecule has 0 radical (unpaired) electrons. The van der Waals surface area contributed by atoms with Crippen LogP contribution < -0.4 is 9.80 Å². The molecule has 0 amide bonds. The number of hydrogen-bond acceptors (Lipinski definition) is 2. The number of anilines is 5. The Balaban J connectivity index is 1.23. The molecule has 0 spiro atoms. The molecule has 65 heavy (non-hydrogen) atoms. The Kier molecular flexibility index (Phi) is 9.11. The van der Waals surface area contributed by atoms with E-state index in [4.69, 9.17) is 0 Å². The highest BCUT2D eigenvalue weighted by Crippen LogP contribution is 2.54. The molecule has 2 nitrogen and oxygen atoms in total. The molecular formula is C63H52N2. The van der Waals surface area contributed by atoms with Crippen LogP contribution in [-0.2, 0) is 0 Å². The number of benzene rings is 10. The van der Waals surface area contributed by atoms with E-state index >= 15 is 0 Å². The normalized spacial score (nSPS) is 17.1. The number of nitrogens with zero attached hydrogens (tertiary/aromatic N) is 2. The van der Waals surface area contributed by atoms with Crippen molar-refractivity contribution in [3.05, 3.63) is 223 Å². The van der Waals surface area contributed by atoms with Gasteiger partial charge < -0.3 is 9.80 Å². The lowest BCUT2D eigenvalue weighted by molar-refractivity contribution is 0.451. The highest BCUT2D eigenvalue weighted by Gasteiger charge is 2.41. The van der Waals surface area contributed by atoms with Crippen LogP contribution in [0.4, 0.5) is 28.4 Å². The summed E-state index contributed by atoms with van der Waals surface area (Å²) in [6.07, 6.45) is 16.1. The van der Waals surface area contributed by atoms with Crippen molar-refractivity contribution in [1.29, 1.82) is 0 Å². The van der Waals surface area contributed by atoms with Gasteiger partial charge in [0.25, 0.3) is 0 Å². The summed E-state index contributed by atoms with van der Waals surface area (Å²) in [5.74, 6) is 0.560. The minimum Gasteiger partial charge on any atom is -0.332 e. The molecule has 2 unspecified atom stereocenters. The van der Waals surface area contributed by atoms with Gasteiger partial charge in [-0.15, -0.1) is 0 Å². The van der Waals surface area contributed by atoms with Gasteiger partial charge >= 0.3 is 0 Å². The van der Waals surface area contributed by atoms with Crippen LogP contribution in [0.15, 0.2) is 212 Å². The quantitative estimate of drug-likeness (QED) is 0.141. The molecule has 10 aromatic rings. The summed E-state index contributed by atoms with van der Waals surface area (Å²) in [4.78, 5) is 5.26. The van der Waals surface area contributed by atoms with Crippen molar-refractivity contribution in [2.75, 3.05) is 9.80 Å². The first-order valence-corrected chi connectivity index (χ1v) is 23.4. The number of fused-ring (bicyclic) bond motifs is 4. The van der Waals surface area contributed by atoms with Crippen LogP contribution in [0.5, 0.6) is 0 Å². The van der Waals surface area contributed by atoms with Crippen molar-refractivity contribution in [3.8, 4) is 0 Å². The molecule has 2 aliphatic rings. The minimum absolute atomic E-state index is 0.00277. The SMILES string of the molecule is CC(C)c1cc(N(c2cccc3ccccc23)c2cccc3ccccc23)c2ccc3c(C(C)C)cc(N(c4cccc5ccccc45)C4C=CC=C5C=CC=CC54C)c4ccc1c2c34. The van der Waals surface area contributed by atoms with Crippen LogP contribution in [0.2, 0.25) is 0 Å². The van der Waals surface area contributed by atoms with Gasteiger partial charge in [-0.25, -0.2) is 0 Å². The first-order valence-electron chi connectivity index (χ1n) is 23.4. The van der Waals surface area contributed by atoms with E-state index in [1.165, 1.54) is 110 Å². The maximum Gasteiger partial charge on any atom is 0.0654 e. The second kappa shape index (κ2) is 15.1. The summed E-state index contributed by atoms with van der Waals surface area (Å²) < 4.78 is 0. The maximum atomic E-state index is 2.69. The average molecular weight is 837 g/mol. The lowest BCUT2D eigenvalue weighted by atomic mass is 9.69. The van der Waals surface area contributed by atoms with Crippen LogP contribution >= 0.6 is 0 Å². The molecule has 0 fully saturated rings. The van der Waals surface area contributed by atoms with E-state index in [1.54, 1.807) is 0 Å². The van der Waals surface area contributed by atoms with Crippen molar-refractivity contribution in [3.63, 3.8) is 0 Å². The van der Waals surface area contributed by atoms with E-state index in [2.05, 4.69) is 251 Å². The molecule has 0 aliphatic heterocycles. The Labute approximate surface area is 382 Å². The first kappa shape index (κ1) is 39.2. The third kappa shape index (κ3) is 6.00. The van der Waals surface area contributed by atoms with Gasteiger partial charge in [-0.05, 0) is 103 Å². The zero-order valence-corrected chi connectivity index (χ0v) is 37.8. The summed E-state index contributed by atoms with van der Waals surface area (Å²) in [7, 11) is 0. The lowest BCUT2D eigenvalue weighted by Gasteiger charge is -2.46. The Morgan fingerprint density at radius 2 is 0.892 bits per heavy atom. The van der Waals surface area contributed by atoms with Crippen LogP contribution in [0.3, 0.4) is 0 Å². The molecule has 0 saturated heterocycles. The van der Waals surface area contributed by atoms with E-state index in [9.17, 15) is 0 Å². The fraction of sp³-hybridized carbons (Fsp3) is 0.143. The molecule has 10 aromatic carbocycles. The first-order chi connectivity index (χ1) is 31.8. The van der Waals surface area contributed by atoms with Crippen molar-refractivity contribution in [2.24, 2.45) is 5.41 Å². The summed E-state index contributed by atoms with van der Waals surface area (Å²) >= 11 is 0. The van der Waals surface area contributed by atoms with Crippen LogP contribution in [-0.4, -0.2) is 6.04 Å². The van der Waals surface area contributed by atoms with E-state index in [0.717, 1.165) is 0 Å². The number of allylic oxidation sites excluding steroid dienone is 5. The van der Waals surface area contributed by atoms with Gasteiger partial charge in [0, 0.05) is 43.7 Å². The molecule has 0 bridgehead atoms. The zero-order valence-electron chi connectivity index (χ0n) is 37.8. The van der Waals surface area contributed by atoms with Crippen molar-refractivity contribution in [1.82, 2.24) is 0 Å². The number of rotatable bonds is 8. The Bertz CT molecular complexity index is 3560. The van der Waals surface area contributed by atoms with Crippen molar-refractivity contribution >= 4 is 93.1 Å². The molecule has 314 valence electrons. The monoisotopic (exact) mass is 836 g/mol. The fourth-order valence-electron chi connectivity index (χ4n) is 11.4. The third-order valence-electron chi connectivity index (χ3n) is 14.6. The molecular weight excluding hydrogens is 785 g/mol. The van der Waals surface area contributed by atoms with Crippen LogP contribution in [0.25, 0.3) is 64.6 Å². The second-order valence-electron chi connectivity index (χ2n) is 19.0. The summed E-state index contributed by atoms with van der Waals surface area (Å²) in [6.45, 7) is 11.9. The molecule has 2 heteroatoms. The molecule has 2 aliphatic carbocycles. The Hall–Kier alpha value is -7.42. The van der Waals surface area contributed by atoms with Crippen LogP contribution in [0, 0.1) is 5.41 Å². The molecule has 0 N–H and O–H groups in total. The summed E-state index contributed by atoms with van der Waals surface area (Å²) in [5.41, 5.74) is 9.77. The fourth-order valence-corrected chi connectivity index (χ4v) is 11.4. The van der Waals surface area contributed by atoms with Gasteiger partial charge in [-0.3, -0.25) is 0 Å². The van der Waals surface area contributed by atoms with Gasteiger partial charge in [-0.2, -0.15) is 0 Å². The molecule has 0 heterocycles. The van der Waals surface area contributed by atoms with Crippen molar-refractivity contribution < 1.29 is 0 Å². The Morgan fingerprint density at radius 3 is 1.45 bits per heavy atom. The molecule has 0 aromatic heterocycles. The Morgan fingerprint density at radius 1 is 0.431 bits per heavy atom. The minimum atomic E-state index is -0.266. The van der Waals surface area contributed by atoms with Gasteiger partial charge in [0.05, 0.1) is 23.1 Å². The zero-order chi connectivity index (χ0) is 44.0. The standard InChI is InChI=1S/C63H52N2/c1-40(2)53-38-58(64(55-29-14-21-42-18-6-9-26-46(42)55)56-30-15-22-43-19-7-10-27-47(43)56)51-35-33-50-54(41(3)4)39-59(52-36-34-49(53)61(51)62(50)52)65(57-31-16-23-44-20-8-11-28-48(44)57)60-32-17-25-45-24-12-13-37-63(45,60)5/h6-41,60H,1-5H3. The average Bonchev–Trinajstić information content (AvgIpc) is 3.33. The van der Waals surface area contributed by atoms with Gasteiger partial charge in [0.2, 0.25) is 0 Å². The highest BCUT2D eigenvalue weighted by molar-refractivity contribution is 6.30. The van der Waals surface area contributed by atoms with Gasteiger partial charge in [-0.1, -0.05) is 204 Å². The summed E-state index contributed by atoms with van der Waals surface area (Å²) in [6, 6.07) is 61.7. The molecule has 12 rings (SSSR count). The molecule has 2 atom stereocenters. The van der Waals surface area contributed by atoms with Gasteiger partial charge in [0.15, 0.2) is 0 Å². The van der Waals surface area contributed by atoms with E-state index < -0.39 is 0 Å². The van der Waals surface area contributed by atoms with Gasteiger partial charge in [0.1, 0.15) is 0 Å². The van der Waals surface area contributed by atoms with Crippen LogP contribution in [0.1, 0.15) is 57.6 Å². The number of hydrogen-bond donors (Lipinski definition) is 0. The van der Waals surface area contributed by atoms with E-state index in [0.29, 0.717) is 0 Å². The third-order valence-corrected chi connectivity index (χ3v) is 14.6. The summed E-state index contributed by atoms with van der Waals surface area (Å²) in [5, 5.41) is 15.2. The highest BCUT2D eigenvalue weighted by atomic mass is 15.2. The largest absolute Gasteiger partial charge is 0.332 e.